The van der Waals surface area contributed by atoms with Gasteiger partial charge in [-0.25, -0.2) is 0 Å². The zero-order chi connectivity index (χ0) is 41.8. The van der Waals surface area contributed by atoms with Gasteiger partial charge in [-0.2, -0.15) is 0 Å². The predicted molar refractivity (Wildman–Crippen MR) is 272 cm³/mol. The zero-order valence-corrected chi connectivity index (χ0v) is 35.9. The molecular weight excluding hydrogens is 779 g/mol. The van der Waals surface area contributed by atoms with Crippen molar-refractivity contribution in [3.05, 3.63) is 223 Å². The first-order valence-electron chi connectivity index (χ1n) is 21.9. The van der Waals surface area contributed by atoms with Crippen LogP contribution in [-0.2, 0) is 5.41 Å². The van der Waals surface area contributed by atoms with Gasteiger partial charge in [-0.05, 0) is 125 Å². The van der Waals surface area contributed by atoms with Crippen molar-refractivity contribution in [2.75, 3.05) is 4.90 Å². The maximum absolute atomic E-state index is 2.50. The molecule has 0 fully saturated rings. The lowest BCUT2D eigenvalue weighted by atomic mass is 9.80. The van der Waals surface area contributed by atoms with Crippen LogP contribution in [0.2, 0.25) is 0 Å². The number of anilines is 3. The molecule has 11 aromatic carbocycles. The van der Waals surface area contributed by atoms with Gasteiger partial charge in [-0.3, -0.25) is 0 Å². The molecule has 1 aliphatic carbocycles. The lowest BCUT2D eigenvalue weighted by Gasteiger charge is -2.30. The molecule has 13 rings (SSSR count). The van der Waals surface area contributed by atoms with E-state index in [2.05, 4.69) is 231 Å². The van der Waals surface area contributed by atoms with Gasteiger partial charge in [0.05, 0.1) is 11.4 Å². The van der Waals surface area contributed by atoms with Crippen LogP contribution in [0.25, 0.3) is 96.6 Å². The monoisotopic (exact) mass is 819 g/mol. The molecule has 63 heavy (non-hydrogen) atoms. The van der Waals surface area contributed by atoms with E-state index >= 15 is 0 Å². The summed E-state index contributed by atoms with van der Waals surface area (Å²) in [6.45, 7) is 4.82. The van der Waals surface area contributed by atoms with Gasteiger partial charge in [0, 0.05) is 42.0 Å². The predicted octanol–water partition coefficient (Wildman–Crippen LogP) is 17.8. The second-order valence-corrected chi connectivity index (χ2v) is 18.7. The van der Waals surface area contributed by atoms with E-state index in [0.29, 0.717) is 0 Å². The third kappa shape index (κ3) is 5.41. The Labute approximate surface area is 370 Å². The minimum absolute atomic E-state index is 0.246. The second kappa shape index (κ2) is 13.7. The van der Waals surface area contributed by atoms with Crippen molar-refractivity contribution in [3.63, 3.8) is 0 Å². The first kappa shape index (κ1) is 36.2. The summed E-state index contributed by atoms with van der Waals surface area (Å²) in [6.07, 6.45) is 0. The van der Waals surface area contributed by atoms with Gasteiger partial charge < -0.3 is 4.90 Å². The van der Waals surface area contributed by atoms with E-state index in [-0.39, 0.29) is 5.41 Å². The van der Waals surface area contributed by atoms with Crippen LogP contribution in [0.15, 0.2) is 212 Å². The van der Waals surface area contributed by atoms with Gasteiger partial charge in [0.25, 0.3) is 0 Å². The van der Waals surface area contributed by atoms with E-state index in [0.717, 1.165) is 5.69 Å². The highest BCUT2D eigenvalue weighted by Crippen LogP contribution is 2.54. The molecule has 1 nitrogen and oxygen atoms in total. The number of rotatable bonds is 5. The summed E-state index contributed by atoms with van der Waals surface area (Å²) in [4.78, 5) is 2.48. The molecule has 1 heterocycles. The van der Waals surface area contributed by atoms with Crippen LogP contribution >= 0.6 is 11.3 Å². The highest BCUT2D eigenvalue weighted by molar-refractivity contribution is 7.25. The molecule has 0 unspecified atom stereocenters. The molecule has 0 bridgehead atoms. The zero-order valence-electron chi connectivity index (χ0n) is 35.1. The molecule has 1 aliphatic rings. The maximum Gasteiger partial charge on any atom is 0.0540 e. The lowest BCUT2D eigenvalue weighted by molar-refractivity contribution is 0.660. The second-order valence-electron chi connectivity index (χ2n) is 17.6. The number of nitrogens with zero attached hydrogens (tertiary/aromatic N) is 1. The molecule has 0 radical (unpaired) electrons. The van der Waals surface area contributed by atoms with Crippen molar-refractivity contribution in [1.82, 2.24) is 0 Å². The fourth-order valence-corrected chi connectivity index (χ4v) is 12.0. The third-order valence-electron chi connectivity index (χ3n) is 13.8. The summed E-state index contributed by atoms with van der Waals surface area (Å²) >= 11 is 1.88. The Hall–Kier alpha value is -7.52. The number of benzene rings is 11. The molecule has 296 valence electrons. The lowest BCUT2D eigenvalue weighted by Crippen LogP contribution is -2.17. The number of fused-ring (bicyclic) bond motifs is 10. The average Bonchev–Trinajstić information content (AvgIpc) is 3.81. The van der Waals surface area contributed by atoms with Crippen molar-refractivity contribution in [3.8, 4) is 33.4 Å². The Bertz CT molecular complexity index is 3700. The van der Waals surface area contributed by atoms with Crippen LogP contribution in [0.3, 0.4) is 0 Å². The molecule has 0 saturated carbocycles. The molecule has 0 atom stereocenters. The van der Waals surface area contributed by atoms with Gasteiger partial charge in [-0.15, -0.1) is 11.3 Å². The third-order valence-corrected chi connectivity index (χ3v) is 15.0. The number of hydrogen-bond acceptors (Lipinski definition) is 2. The number of hydrogen-bond donors (Lipinski definition) is 0. The van der Waals surface area contributed by atoms with Gasteiger partial charge in [0.15, 0.2) is 0 Å². The molecular formula is C61H41NS. The smallest absolute Gasteiger partial charge is 0.0540 e. The summed E-state index contributed by atoms with van der Waals surface area (Å²) in [5, 5.41) is 12.7. The minimum atomic E-state index is -0.246. The van der Waals surface area contributed by atoms with Crippen molar-refractivity contribution in [2.45, 2.75) is 19.3 Å². The molecule has 1 aromatic heterocycles. The Morgan fingerprint density at radius 3 is 1.40 bits per heavy atom. The van der Waals surface area contributed by atoms with Crippen LogP contribution in [-0.4, -0.2) is 0 Å². The van der Waals surface area contributed by atoms with Crippen molar-refractivity contribution >= 4 is 91.7 Å². The fraction of sp³-hybridized carbons (Fsp3) is 0.0492. The Morgan fingerprint density at radius 2 is 0.794 bits per heavy atom. The molecule has 0 amide bonds. The Balaban J connectivity index is 0.979. The first-order chi connectivity index (χ1) is 31.0. The van der Waals surface area contributed by atoms with Crippen LogP contribution in [0, 0.1) is 0 Å². The normalized spacial score (nSPS) is 13.0. The summed E-state index contributed by atoms with van der Waals surface area (Å²) in [6, 6.07) is 79.2. The molecule has 2 heteroatoms. The number of thiophene rings is 1. The first-order valence-corrected chi connectivity index (χ1v) is 22.7. The van der Waals surface area contributed by atoms with E-state index in [9.17, 15) is 0 Å². The van der Waals surface area contributed by atoms with Gasteiger partial charge >= 0.3 is 0 Å². The fourth-order valence-electron chi connectivity index (χ4n) is 10.9. The average molecular weight is 820 g/mol. The van der Waals surface area contributed by atoms with Crippen LogP contribution in [0.1, 0.15) is 25.0 Å². The maximum atomic E-state index is 2.50. The minimum Gasteiger partial charge on any atom is -0.309 e. The SMILES string of the molecule is CC1(C)c2cc(-c3c4ccccc4c(-c4ccc5sc6ccccc6c5c4)c4ccccc34)ccc2-c2ccc(N(c3cccc4ccccc34)c3cccc4ccccc34)cc21. The Kier molecular flexibility index (Phi) is 7.89. The molecule has 0 saturated heterocycles. The standard InChI is InChI=1S/C61H41NS/c1-61(2)53-36-41(60-50-24-9-7-22-48(50)59(49-23-8-10-25-51(49)60)40-30-34-58-52(35-40)47-21-11-12-28-57(47)63-58)29-32-45(53)46-33-31-42(37-54(46)61)62(55-26-13-17-38-15-3-5-19-43(38)55)56-27-14-18-39-16-4-6-20-44(39)56/h3-37H,1-2H3. The highest BCUT2D eigenvalue weighted by atomic mass is 32.1. The summed E-state index contributed by atoms with van der Waals surface area (Å²) in [5.74, 6) is 0. The van der Waals surface area contributed by atoms with Crippen LogP contribution in [0.4, 0.5) is 17.1 Å². The van der Waals surface area contributed by atoms with Crippen LogP contribution in [0.5, 0.6) is 0 Å². The van der Waals surface area contributed by atoms with Crippen molar-refractivity contribution in [2.24, 2.45) is 0 Å². The largest absolute Gasteiger partial charge is 0.309 e. The van der Waals surface area contributed by atoms with E-state index in [1.54, 1.807) is 0 Å². The summed E-state index contributed by atoms with van der Waals surface area (Å²) < 4.78 is 2.66. The molecule has 12 aromatic rings. The van der Waals surface area contributed by atoms with Crippen LogP contribution < -0.4 is 4.90 Å². The quantitative estimate of drug-likeness (QED) is 0.156. The van der Waals surface area contributed by atoms with Gasteiger partial charge in [-0.1, -0.05) is 178 Å². The van der Waals surface area contributed by atoms with E-state index in [1.807, 2.05) is 11.3 Å². The van der Waals surface area contributed by atoms with E-state index in [4.69, 9.17) is 0 Å². The van der Waals surface area contributed by atoms with Gasteiger partial charge in [0.2, 0.25) is 0 Å². The summed E-state index contributed by atoms with van der Waals surface area (Å²) in [7, 11) is 0. The van der Waals surface area contributed by atoms with E-state index in [1.165, 1.54) is 119 Å². The van der Waals surface area contributed by atoms with Gasteiger partial charge in [0.1, 0.15) is 0 Å². The molecule has 0 spiro atoms. The topological polar surface area (TPSA) is 3.24 Å². The highest BCUT2D eigenvalue weighted by Gasteiger charge is 2.37. The molecule has 0 N–H and O–H groups in total. The van der Waals surface area contributed by atoms with E-state index < -0.39 is 0 Å². The Morgan fingerprint density at radius 1 is 0.349 bits per heavy atom. The summed E-state index contributed by atoms with van der Waals surface area (Å²) in [5.41, 5.74) is 13.7. The van der Waals surface area contributed by atoms with Crippen molar-refractivity contribution in [1.29, 1.82) is 0 Å². The van der Waals surface area contributed by atoms with Crippen molar-refractivity contribution < 1.29 is 0 Å². The molecule has 0 aliphatic heterocycles.